The Morgan fingerprint density at radius 3 is 2.67 bits per heavy atom. The number of aromatic nitrogens is 2. The molecule has 96 valence electrons. The molecule has 0 unspecified atom stereocenters. The molecule has 0 aliphatic carbocycles. The molecule has 1 aromatic carbocycles. The van der Waals surface area contributed by atoms with E-state index >= 15 is 0 Å². The molecule has 0 atom stereocenters. The first kappa shape index (κ1) is 13.1. The maximum absolute atomic E-state index is 6.37. The summed E-state index contributed by atoms with van der Waals surface area (Å²) in [6.45, 7) is 4.88. The lowest BCUT2D eigenvalue weighted by atomic mass is 10.0. The van der Waals surface area contributed by atoms with Gasteiger partial charge in [0.15, 0.2) is 0 Å². The molecule has 0 saturated heterocycles. The highest BCUT2D eigenvalue weighted by atomic mass is 35.5. The Morgan fingerprint density at radius 2 is 2.06 bits per heavy atom. The van der Waals surface area contributed by atoms with Crippen molar-refractivity contribution in [2.45, 2.75) is 20.4 Å². The highest BCUT2D eigenvalue weighted by Crippen LogP contribution is 2.30. The van der Waals surface area contributed by atoms with Crippen molar-refractivity contribution in [1.82, 2.24) is 14.9 Å². The van der Waals surface area contributed by atoms with Gasteiger partial charge in [0.25, 0.3) is 0 Å². The Kier molecular flexibility index (Phi) is 3.73. The molecule has 3 nitrogen and oxygen atoms in total. The lowest BCUT2D eigenvalue weighted by Crippen LogP contribution is -2.10. The minimum atomic E-state index is 0.687. The van der Waals surface area contributed by atoms with E-state index in [1.54, 1.807) is 0 Å². The minimum absolute atomic E-state index is 0.687. The predicted molar refractivity (Wildman–Crippen MR) is 75.9 cm³/mol. The van der Waals surface area contributed by atoms with Crippen LogP contribution in [-0.4, -0.2) is 16.6 Å². The topological polar surface area (TPSA) is 29.9 Å². The smallest absolute Gasteiger partial charge is 0.136 e. The summed E-state index contributed by atoms with van der Waals surface area (Å²) in [7, 11) is 3.84. The monoisotopic (exact) mass is 263 g/mol. The standard InChI is InChI=1S/C14H18ClN3/c1-9-5-6-11(10(2)7-9)13-14(15)18(4)12(17-13)8-16-3/h5-7,16H,8H2,1-4H3. The van der Waals surface area contributed by atoms with E-state index in [0.29, 0.717) is 11.7 Å². The van der Waals surface area contributed by atoms with Crippen molar-refractivity contribution < 1.29 is 0 Å². The van der Waals surface area contributed by atoms with E-state index in [9.17, 15) is 0 Å². The molecule has 0 aliphatic heterocycles. The van der Waals surface area contributed by atoms with E-state index in [1.807, 2.05) is 18.7 Å². The largest absolute Gasteiger partial charge is 0.321 e. The van der Waals surface area contributed by atoms with Gasteiger partial charge in [0, 0.05) is 12.6 Å². The number of aryl methyl sites for hydroxylation is 2. The van der Waals surface area contributed by atoms with E-state index < -0.39 is 0 Å². The molecule has 0 bridgehead atoms. The summed E-state index contributed by atoms with van der Waals surface area (Å²) < 4.78 is 1.92. The number of nitrogens with zero attached hydrogens (tertiary/aromatic N) is 2. The van der Waals surface area contributed by atoms with Crippen LogP contribution in [0.2, 0.25) is 5.15 Å². The van der Waals surface area contributed by atoms with Crippen molar-refractivity contribution in [1.29, 1.82) is 0 Å². The van der Waals surface area contributed by atoms with E-state index in [4.69, 9.17) is 11.6 Å². The molecule has 1 aromatic heterocycles. The van der Waals surface area contributed by atoms with Crippen molar-refractivity contribution >= 4 is 11.6 Å². The zero-order valence-electron chi connectivity index (χ0n) is 11.2. The van der Waals surface area contributed by atoms with Crippen LogP contribution in [0.1, 0.15) is 17.0 Å². The molecule has 2 rings (SSSR count). The van der Waals surface area contributed by atoms with Gasteiger partial charge in [-0.15, -0.1) is 0 Å². The van der Waals surface area contributed by atoms with Crippen LogP contribution >= 0.6 is 11.6 Å². The molecule has 4 heteroatoms. The van der Waals surface area contributed by atoms with Crippen LogP contribution in [0.4, 0.5) is 0 Å². The van der Waals surface area contributed by atoms with Crippen molar-refractivity contribution in [3.05, 3.63) is 40.3 Å². The van der Waals surface area contributed by atoms with Crippen molar-refractivity contribution in [2.24, 2.45) is 7.05 Å². The Hall–Kier alpha value is -1.32. The fourth-order valence-corrected chi connectivity index (χ4v) is 2.33. The third kappa shape index (κ3) is 2.28. The van der Waals surface area contributed by atoms with Crippen LogP contribution in [0.3, 0.4) is 0 Å². The number of benzene rings is 1. The third-order valence-corrected chi connectivity index (χ3v) is 3.52. The number of halogens is 1. The highest BCUT2D eigenvalue weighted by Gasteiger charge is 2.15. The van der Waals surface area contributed by atoms with E-state index in [2.05, 4.69) is 42.3 Å². The number of hydrogen-bond donors (Lipinski definition) is 1. The Morgan fingerprint density at radius 1 is 1.33 bits per heavy atom. The van der Waals surface area contributed by atoms with Crippen LogP contribution in [-0.2, 0) is 13.6 Å². The summed E-state index contributed by atoms with van der Waals surface area (Å²) in [5.41, 5.74) is 4.41. The summed E-state index contributed by atoms with van der Waals surface area (Å²) in [5.74, 6) is 0.942. The molecular weight excluding hydrogens is 246 g/mol. The van der Waals surface area contributed by atoms with Crippen LogP contribution in [0.5, 0.6) is 0 Å². The zero-order valence-corrected chi connectivity index (χ0v) is 12.0. The van der Waals surface area contributed by atoms with Gasteiger partial charge < -0.3 is 9.88 Å². The van der Waals surface area contributed by atoms with Gasteiger partial charge in [0.2, 0.25) is 0 Å². The van der Waals surface area contributed by atoms with Gasteiger partial charge in [0.05, 0.1) is 6.54 Å². The maximum atomic E-state index is 6.37. The Balaban J connectivity index is 2.53. The van der Waals surface area contributed by atoms with Gasteiger partial charge in [-0.25, -0.2) is 4.98 Å². The van der Waals surface area contributed by atoms with Crippen molar-refractivity contribution in [3.63, 3.8) is 0 Å². The van der Waals surface area contributed by atoms with Crippen LogP contribution in [0, 0.1) is 13.8 Å². The summed E-state index contributed by atoms with van der Waals surface area (Å²) >= 11 is 6.37. The lowest BCUT2D eigenvalue weighted by molar-refractivity contribution is 0.710. The minimum Gasteiger partial charge on any atom is -0.321 e. The van der Waals surface area contributed by atoms with E-state index in [0.717, 1.165) is 17.1 Å². The van der Waals surface area contributed by atoms with E-state index in [-0.39, 0.29) is 0 Å². The first-order valence-electron chi connectivity index (χ1n) is 5.98. The summed E-state index contributed by atoms with van der Waals surface area (Å²) in [6, 6.07) is 6.32. The molecule has 0 aliphatic rings. The predicted octanol–water partition coefficient (Wildman–Crippen LogP) is 3.08. The molecule has 0 fully saturated rings. The maximum Gasteiger partial charge on any atom is 0.136 e. The van der Waals surface area contributed by atoms with Crippen molar-refractivity contribution in [2.75, 3.05) is 7.05 Å². The summed E-state index contributed by atoms with van der Waals surface area (Å²) in [4.78, 5) is 4.63. The average molecular weight is 264 g/mol. The molecule has 0 saturated carbocycles. The third-order valence-electron chi connectivity index (χ3n) is 3.09. The molecule has 0 amide bonds. The van der Waals surface area contributed by atoms with E-state index in [1.165, 1.54) is 11.1 Å². The van der Waals surface area contributed by atoms with Crippen LogP contribution in [0.15, 0.2) is 18.2 Å². The van der Waals surface area contributed by atoms with Gasteiger partial charge in [-0.2, -0.15) is 0 Å². The molecule has 0 radical (unpaired) electrons. The number of nitrogens with one attached hydrogen (secondary N) is 1. The molecule has 0 spiro atoms. The van der Waals surface area contributed by atoms with Gasteiger partial charge in [0.1, 0.15) is 16.7 Å². The number of rotatable bonds is 3. The SMILES string of the molecule is CNCc1nc(-c2ccc(C)cc2C)c(Cl)n1C. The molecular formula is C14H18ClN3. The van der Waals surface area contributed by atoms with Gasteiger partial charge >= 0.3 is 0 Å². The quantitative estimate of drug-likeness (QED) is 0.922. The summed E-state index contributed by atoms with van der Waals surface area (Å²) in [6.07, 6.45) is 0. The molecule has 2 aromatic rings. The molecule has 1 heterocycles. The van der Waals surface area contributed by atoms with Gasteiger partial charge in [-0.3, -0.25) is 0 Å². The number of imidazole rings is 1. The van der Waals surface area contributed by atoms with Crippen molar-refractivity contribution in [3.8, 4) is 11.3 Å². The van der Waals surface area contributed by atoms with Gasteiger partial charge in [-0.1, -0.05) is 35.4 Å². The average Bonchev–Trinajstić information content (AvgIpc) is 2.58. The number of hydrogen-bond acceptors (Lipinski definition) is 2. The Bertz CT molecular complexity index is 573. The van der Waals surface area contributed by atoms with Gasteiger partial charge in [-0.05, 0) is 26.5 Å². The second kappa shape index (κ2) is 5.12. The fourth-order valence-electron chi connectivity index (χ4n) is 2.09. The zero-order chi connectivity index (χ0) is 13.3. The lowest BCUT2D eigenvalue weighted by Gasteiger charge is -2.04. The highest BCUT2D eigenvalue weighted by molar-refractivity contribution is 6.32. The molecule has 18 heavy (non-hydrogen) atoms. The second-order valence-corrected chi connectivity index (χ2v) is 4.93. The molecule has 1 N–H and O–H groups in total. The Labute approximate surface area is 113 Å². The van der Waals surface area contributed by atoms with Crippen LogP contribution < -0.4 is 5.32 Å². The normalized spacial score (nSPS) is 10.9. The first-order valence-corrected chi connectivity index (χ1v) is 6.35. The summed E-state index contributed by atoms with van der Waals surface area (Å²) in [5, 5.41) is 3.79. The fraction of sp³-hybridized carbons (Fsp3) is 0.357. The second-order valence-electron chi connectivity index (χ2n) is 4.58. The van der Waals surface area contributed by atoms with Crippen LogP contribution in [0.25, 0.3) is 11.3 Å². The first-order chi connectivity index (χ1) is 8.54.